The average Bonchev–Trinajstić information content (AvgIpc) is 3.40. The summed E-state index contributed by atoms with van der Waals surface area (Å²) in [6, 6.07) is 8.68. The Morgan fingerprint density at radius 2 is 2.02 bits per heavy atom. The summed E-state index contributed by atoms with van der Waals surface area (Å²) in [5, 5.41) is 19.2. The topological polar surface area (TPSA) is 106 Å². The van der Waals surface area contributed by atoms with Gasteiger partial charge in [-0.25, -0.2) is 4.39 Å². The molecule has 2 aromatic carbocycles. The molecule has 3 aromatic rings. The molecule has 1 saturated heterocycles. The molecule has 0 unspecified atom stereocenters. The normalized spacial score (nSPS) is 17.9. The average molecular weight is 603 g/mol. The van der Waals surface area contributed by atoms with Crippen molar-refractivity contribution in [1.29, 1.82) is 5.26 Å². The zero-order chi connectivity index (χ0) is 27.8. The Bertz CT molecular complexity index is 1590. The summed E-state index contributed by atoms with van der Waals surface area (Å²) in [6.07, 6.45) is 6.23. The number of nitriles is 1. The highest BCUT2D eigenvalue weighted by Gasteiger charge is 2.31. The van der Waals surface area contributed by atoms with E-state index in [0.29, 0.717) is 53.7 Å². The highest BCUT2D eigenvalue weighted by Crippen LogP contribution is 2.38. The van der Waals surface area contributed by atoms with E-state index in [9.17, 15) is 9.65 Å². The summed E-state index contributed by atoms with van der Waals surface area (Å²) in [5.41, 5.74) is 10.3. The third kappa shape index (κ3) is 5.12. The van der Waals surface area contributed by atoms with Gasteiger partial charge in [0.25, 0.3) is 0 Å². The predicted molar refractivity (Wildman–Crippen MR) is 153 cm³/mol. The fourth-order valence-corrected chi connectivity index (χ4v) is 5.31. The molecule has 0 saturated carbocycles. The van der Waals surface area contributed by atoms with E-state index in [1.54, 1.807) is 6.07 Å². The molecule has 0 aliphatic carbocycles. The molecule has 0 bridgehead atoms. The Morgan fingerprint density at radius 3 is 2.75 bits per heavy atom. The van der Waals surface area contributed by atoms with Gasteiger partial charge in [0, 0.05) is 23.5 Å². The lowest BCUT2D eigenvalue weighted by Gasteiger charge is -2.33. The molecular weight excluding hydrogens is 580 g/mol. The van der Waals surface area contributed by atoms with E-state index in [1.165, 1.54) is 18.3 Å². The van der Waals surface area contributed by atoms with Crippen molar-refractivity contribution in [3.63, 3.8) is 0 Å². The number of hydrogen-bond acceptors (Lipinski definition) is 9. The molecule has 9 nitrogen and oxygen atoms in total. The molecule has 4 heterocycles. The molecule has 1 aromatic heterocycles. The van der Waals surface area contributed by atoms with Crippen molar-refractivity contribution in [2.45, 2.75) is 18.5 Å². The SMILES string of the molecule is N#Cc1cnc2c(Cl)cc(N[C@@H](C3=CCOCC3)C3=CN(C4COC4)NN3)cc2c1Nc1ccc(Cl)c(Cl)c1F. The van der Waals surface area contributed by atoms with Gasteiger partial charge >= 0.3 is 0 Å². The first-order chi connectivity index (χ1) is 19.4. The van der Waals surface area contributed by atoms with Crippen LogP contribution in [0.3, 0.4) is 0 Å². The first-order valence-electron chi connectivity index (χ1n) is 12.5. The lowest BCUT2D eigenvalue weighted by molar-refractivity contribution is -0.0635. The zero-order valence-corrected chi connectivity index (χ0v) is 23.2. The van der Waals surface area contributed by atoms with Crippen LogP contribution in [-0.4, -0.2) is 48.5 Å². The van der Waals surface area contributed by atoms with Crippen molar-refractivity contribution < 1.29 is 13.9 Å². The second kappa shape index (κ2) is 11.3. The fraction of sp³-hybridized carbons (Fsp3) is 0.259. The van der Waals surface area contributed by atoms with Gasteiger partial charge < -0.3 is 25.5 Å². The second-order valence-corrected chi connectivity index (χ2v) is 10.7. The number of hydrazine groups is 2. The summed E-state index contributed by atoms with van der Waals surface area (Å²) in [6.45, 7) is 2.43. The molecule has 1 fully saturated rings. The number of halogens is 4. The highest BCUT2D eigenvalue weighted by molar-refractivity contribution is 6.42. The molecule has 0 spiro atoms. The van der Waals surface area contributed by atoms with Crippen LogP contribution in [0.25, 0.3) is 10.9 Å². The Morgan fingerprint density at radius 1 is 1.18 bits per heavy atom. The Hall–Kier alpha value is -3.30. The Kier molecular flexibility index (Phi) is 7.59. The number of ether oxygens (including phenoxy) is 2. The van der Waals surface area contributed by atoms with E-state index in [2.05, 4.69) is 38.7 Å². The Labute approximate surface area is 244 Å². The molecule has 4 N–H and O–H groups in total. The van der Waals surface area contributed by atoms with Gasteiger partial charge in [0.1, 0.15) is 6.07 Å². The molecule has 40 heavy (non-hydrogen) atoms. The minimum absolute atomic E-state index is 0.0598. The number of anilines is 3. The summed E-state index contributed by atoms with van der Waals surface area (Å²) >= 11 is 18.7. The van der Waals surface area contributed by atoms with E-state index < -0.39 is 5.82 Å². The molecule has 0 amide bonds. The third-order valence-corrected chi connectivity index (χ3v) is 8.02. The monoisotopic (exact) mass is 601 g/mol. The third-order valence-electron chi connectivity index (χ3n) is 6.95. The van der Waals surface area contributed by atoms with Gasteiger partial charge in [-0.2, -0.15) is 5.26 Å². The number of pyridine rings is 1. The van der Waals surface area contributed by atoms with Crippen LogP contribution >= 0.6 is 34.8 Å². The smallest absolute Gasteiger partial charge is 0.166 e. The van der Waals surface area contributed by atoms with Crippen molar-refractivity contribution in [3.05, 3.63) is 80.5 Å². The van der Waals surface area contributed by atoms with Crippen molar-refractivity contribution in [3.8, 4) is 6.07 Å². The van der Waals surface area contributed by atoms with Crippen LogP contribution in [0.1, 0.15) is 12.0 Å². The van der Waals surface area contributed by atoms with Crippen LogP contribution < -0.4 is 21.6 Å². The number of fused-ring (bicyclic) bond motifs is 1. The van der Waals surface area contributed by atoms with Gasteiger partial charge in [0.2, 0.25) is 0 Å². The highest BCUT2D eigenvalue weighted by atomic mass is 35.5. The second-order valence-electron chi connectivity index (χ2n) is 9.46. The molecule has 13 heteroatoms. The van der Waals surface area contributed by atoms with Crippen LogP contribution in [0.15, 0.2) is 54.0 Å². The largest absolute Gasteiger partial charge is 0.377 e. The first-order valence-corrected chi connectivity index (χ1v) is 13.6. The molecular formula is C27H23Cl3FN7O2. The lowest BCUT2D eigenvalue weighted by atomic mass is 9.99. The quantitative estimate of drug-likeness (QED) is 0.202. The van der Waals surface area contributed by atoms with Crippen LogP contribution in [0.5, 0.6) is 0 Å². The minimum Gasteiger partial charge on any atom is -0.377 e. The van der Waals surface area contributed by atoms with Gasteiger partial charge in [-0.15, -0.1) is 5.53 Å². The summed E-state index contributed by atoms with van der Waals surface area (Å²) in [4.78, 5) is 4.40. The number of nitrogens with one attached hydrogen (secondary N) is 4. The molecule has 6 rings (SSSR count). The van der Waals surface area contributed by atoms with E-state index in [4.69, 9.17) is 44.3 Å². The fourth-order valence-electron chi connectivity index (χ4n) is 4.73. The lowest BCUT2D eigenvalue weighted by Crippen LogP contribution is -2.52. The van der Waals surface area contributed by atoms with E-state index in [0.717, 1.165) is 17.7 Å². The van der Waals surface area contributed by atoms with Crippen molar-refractivity contribution in [2.75, 3.05) is 37.1 Å². The summed E-state index contributed by atoms with van der Waals surface area (Å²) < 4.78 is 25.8. The van der Waals surface area contributed by atoms with Crippen LogP contribution in [0.4, 0.5) is 21.5 Å². The predicted octanol–water partition coefficient (Wildman–Crippen LogP) is 5.64. The number of rotatable bonds is 7. The molecule has 3 aliphatic heterocycles. The van der Waals surface area contributed by atoms with E-state index >= 15 is 0 Å². The van der Waals surface area contributed by atoms with Gasteiger partial charge in [0.05, 0.1) is 81.7 Å². The zero-order valence-electron chi connectivity index (χ0n) is 20.9. The number of benzene rings is 2. The van der Waals surface area contributed by atoms with Gasteiger partial charge in [-0.1, -0.05) is 40.9 Å². The molecule has 3 aliphatic rings. The summed E-state index contributed by atoms with van der Waals surface area (Å²) in [5.74, 6) is -0.733. The maximum absolute atomic E-state index is 14.9. The molecule has 206 valence electrons. The maximum Gasteiger partial charge on any atom is 0.166 e. The Balaban J connectivity index is 1.40. The van der Waals surface area contributed by atoms with Crippen molar-refractivity contribution in [1.82, 2.24) is 21.0 Å². The van der Waals surface area contributed by atoms with Crippen molar-refractivity contribution in [2.24, 2.45) is 0 Å². The van der Waals surface area contributed by atoms with Gasteiger partial charge in [-0.05, 0) is 36.3 Å². The minimum atomic E-state index is -0.733. The molecule has 1 atom stereocenters. The first kappa shape index (κ1) is 26.9. The standard InChI is InChI=1S/C27H23Cl3FN7O2/c28-19-1-2-21(24(31)23(19)30)35-25-15(9-32)10-33-27-18(25)7-16(8-20(27)29)34-26(14-3-5-39-6-4-14)22-11-38(37-36-22)17-12-40-13-17/h1-3,7-8,10-11,17,26,34,36-37H,4-6,12-13H2,(H,33,35)/t26-/m0/s1. The van der Waals surface area contributed by atoms with Gasteiger partial charge in [-0.3, -0.25) is 9.99 Å². The van der Waals surface area contributed by atoms with Crippen LogP contribution in [0.2, 0.25) is 15.1 Å². The molecule has 0 radical (unpaired) electrons. The van der Waals surface area contributed by atoms with E-state index in [-0.39, 0.29) is 33.4 Å². The van der Waals surface area contributed by atoms with E-state index in [1.807, 2.05) is 17.3 Å². The maximum atomic E-state index is 14.9. The van der Waals surface area contributed by atoms with Gasteiger partial charge in [0.15, 0.2) is 5.82 Å². The number of aromatic nitrogens is 1. The number of nitrogens with zero attached hydrogens (tertiary/aromatic N) is 3. The van der Waals surface area contributed by atoms with Crippen molar-refractivity contribution >= 4 is 62.8 Å². The van der Waals surface area contributed by atoms with Crippen LogP contribution in [-0.2, 0) is 9.47 Å². The summed E-state index contributed by atoms with van der Waals surface area (Å²) in [7, 11) is 0. The van der Waals surface area contributed by atoms with Crippen LogP contribution in [0, 0.1) is 17.1 Å². The number of hydrogen-bond donors (Lipinski definition) is 4.